The maximum absolute atomic E-state index is 13.4. The molecule has 0 aliphatic rings. The summed E-state index contributed by atoms with van der Waals surface area (Å²) in [5.74, 6) is 0.208. The van der Waals surface area contributed by atoms with Gasteiger partial charge in [0, 0.05) is 23.2 Å². The van der Waals surface area contributed by atoms with E-state index in [1.807, 2.05) is 79.7 Å². The molecule has 4 rings (SSSR count). The van der Waals surface area contributed by atoms with Crippen LogP contribution >= 0.6 is 0 Å². The number of carbonyl (C=O) groups is 1. The number of para-hydroxylation sites is 1. The highest BCUT2D eigenvalue weighted by Gasteiger charge is 2.24. The van der Waals surface area contributed by atoms with E-state index >= 15 is 0 Å². The smallest absolute Gasteiger partial charge is 0.253 e. The Morgan fingerprint density at radius 1 is 0.906 bits per heavy atom. The Morgan fingerprint density at radius 2 is 1.56 bits per heavy atom. The van der Waals surface area contributed by atoms with Crippen molar-refractivity contribution in [2.45, 2.75) is 24.7 Å². The van der Waals surface area contributed by atoms with Crippen LogP contribution in [0.2, 0.25) is 0 Å². The Hall–Kier alpha value is -3.31. The van der Waals surface area contributed by atoms with Crippen LogP contribution in [-0.4, -0.2) is 27.4 Å². The summed E-state index contributed by atoms with van der Waals surface area (Å²) < 4.78 is 13.2. The van der Waals surface area contributed by atoms with E-state index in [0.717, 1.165) is 29.3 Å². The van der Waals surface area contributed by atoms with Crippen molar-refractivity contribution < 1.29 is 9.00 Å². The van der Waals surface area contributed by atoms with Crippen molar-refractivity contribution in [1.82, 2.24) is 10.3 Å². The summed E-state index contributed by atoms with van der Waals surface area (Å²) >= 11 is 0. The van der Waals surface area contributed by atoms with E-state index in [9.17, 15) is 9.00 Å². The van der Waals surface area contributed by atoms with E-state index in [2.05, 4.69) is 17.4 Å². The van der Waals surface area contributed by atoms with Crippen molar-refractivity contribution in [2.75, 3.05) is 12.3 Å². The van der Waals surface area contributed by atoms with Crippen LogP contribution in [0.4, 0.5) is 0 Å². The number of carbonyl (C=O) groups excluding carboxylic acids is 1. The van der Waals surface area contributed by atoms with Crippen molar-refractivity contribution in [2.24, 2.45) is 0 Å². The van der Waals surface area contributed by atoms with Gasteiger partial charge in [-0.05, 0) is 24.5 Å². The Morgan fingerprint density at radius 3 is 2.28 bits per heavy atom. The van der Waals surface area contributed by atoms with E-state index in [0.29, 0.717) is 28.5 Å². The predicted molar refractivity (Wildman–Crippen MR) is 131 cm³/mol. The number of amides is 1. The molecule has 1 unspecified atom stereocenters. The van der Waals surface area contributed by atoms with Crippen LogP contribution in [0.1, 0.15) is 29.3 Å². The fourth-order valence-electron chi connectivity index (χ4n) is 3.81. The number of aryl methyl sites for hydroxylation is 1. The van der Waals surface area contributed by atoms with Gasteiger partial charge in [0.2, 0.25) is 0 Å². The number of rotatable bonds is 8. The van der Waals surface area contributed by atoms with Gasteiger partial charge in [0.05, 0.1) is 32.5 Å². The molecule has 0 bridgehead atoms. The Labute approximate surface area is 191 Å². The molecule has 1 amide bonds. The lowest BCUT2D eigenvalue weighted by atomic mass is 10.0. The molecule has 32 heavy (non-hydrogen) atoms. The molecule has 0 aliphatic carbocycles. The minimum atomic E-state index is -1.35. The number of hydrogen-bond acceptors (Lipinski definition) is 3. The summed E-state index contributed by atoms with van der Waals surface area (Å²) in [6.07, 6.45) is 1.72. The summed E-state index contributed by atoms with van der Waals surface area (Å²) in [5, 5.41) is 3.78. The number of aromatic nitrogens is 1. The molecular weight excluding hydrogens is 416 g/mol. The van der Waals surface area contributed by atoms with Gasteiger partial charge in [-0.2, -0.15) is 0 Å². The number of pyridine rings is 1. The first-order valence-corrected chi connectivity index (χ1v) is 12.2. The number of nitrogens with one attached hydrogen (secondary N) is 1. The van der Waals surface area contributed by atoms with Crippen molar-refractivity contribution in [3.8, 4) is 11.3 Å². The van der Waals surface area contributed by atoms with Gasteiger partial charge in [0.15, 0.2) is 0 Å². The maximum atomic E-state index is 13.4. The molecule has 1 atom stereocenters. The average molecular weight is 443 g/mol. The van der Waals surface area contributed by atoms with Crippen LogP contribution in [0, 0.1) is 0 Å². The second kappa shape index (κ2) is 10.3. The number of fused-ring (bicyclic) bond motifs is 1. The molecule has 0 radical (unpaired) electrons. The fourth-order valence-corrected chi connectivity index (χ4v) is 4.90. The monoisotopic (exact) mass is 442 g/mol. The Balaban J connectivity index is 1.71. The molecule has 3 aromatic carbocycles. The van der Waals surface area contributed by atoms with Crippen LogP contribution in [-0.2, 0) is 17.2 Å². The predicted octanol–water partition coefficient (Wildman–Crippen LogP) is 5.39. The quantitative estimate of drug-likeness (QED) is 0.372. The van der Waals surface area contributed by atoms with Gasteiger partial charge in [0.1, 0.15) is 0 Å². The second-order valence-corrected chi connectivity index (χ2v) is 9.20. The lowest BCUT2D eigenvalue weighted by molar-refractivity contribution is 0.0952. The molecule has 4 aromatic rings. The number of benzene rings is 3. The topological polar surface area (TPSA) is 59.1 Å². The van der Waals surface area contributed by atoms with Gasteiger partial charge in [-0.1, -0.05) is 85.8 Å². The van der Waals surface area contributed by atoms with Crippen LogP contribution in [0.25, 0.3) is 22.2 Å². The van der Waals surface area contributed by atoms with Crippen LogP contribution in [0.3, 0.4) is 0 Å². The summed E-state index contributed by atoms with van der Waals surface area (Å²) in [7, 11) is -1.35. The molecule has 1 heterocycles. The van der Waals surface area contributed by atoms with E-state index in [1.54, 1.807) is 0 Å². The highest BCUT2D eigenvalue weighted by atomic mass is 32.2. The maximum Gasteiger partial charge on any atom is 0.253 e. The molecule has 162 valence electrons. The number of hydrogen-bond donors (Lipinski definition) is 1. The third-order valence-corrected chi connectivity index (χ3v) is 6.76. The van der Waals surface area contributed by atoms with Gasteiger partial charge < -0.3 is 5.32 Å². The van der Waals surface area contributed by atoms with Crippen molar-refractivity contribution in [3.63, 3.8) is 0 Å². The van der Waals surface area contributed by atoms with E-state index in [-0.39, 0.29) is 5.91 Å². The SMILES string of the molecule is CCS(=O)c1c(-c2ccccc2)nc2ccccc2c1C(=O)NCCCc1ccccc1. The Bertz CT molecular complexity index is 1240. The fraction of sp³-hybridized carbons (Fsp3) is 0.185. The molecule has 0 aliphatic heterocycles. The van der Waals surface area contributed by atoms with Crippen LogP contribution in [0.5, 0.6) is 0 Å². The molecule has 5 heteroatoms. The Kier molecular flexibility index (Phi) is 7.07. The highest BCUT2D eigenvalue weighted by molar-refractivity contribution is 7.85. The molecular formula is C27H26N2O2S. The molecule has 1 N–H and O–H groups in total. The molecule has 1 aromatic heterocycles. The summed E-state index contributed by atoms with van der Waals surface area (Å²) in [6.45, 7) is 2.41. The van der Waals surface area contributed by atoms with Gasteiger partial charge in [-0.15, -0.1) is 0 Å². The third kappa shape index (κ3) is 4.78. The summed E-state index contributed by atoms with van der Waals surface area (Å²) in [6, 6.07) is 27.5. The number of nitrogens with zero attached hydrogens (tertiary/aromatic N) is 1. The van der Waals surface area contributed by atoms with E-state index < -0.39 is 10.8 Å². The lowest BCUT2D eigenvalue weighted by Crippen LogP contribution is -2.27. The summed E-state index contributed by atoms with van der Waals surface area (Å²) in [5.41, 5.74) is 3.90. The van der Waals surface area contributed by atoms with E-state index in [1.165, 1.54) is 5.56 Å². The second-order valence-electron chi connectivity index (χ2n) is 7.53. The summed E-state index contributed by atoms with van der Waals surface area (Å²) in [4.78, 5) is 18.8. The first kappa shape index (κ1) is 21.9. The molecule has 0 fully saturated rings. The van der Waals surface area contributed by atoms with Crippen molar-refractivity contribution in [3.05, 3.63) is 96.1 Å². The largest absolute Gasteiger partial charge is 0.352 e. The molecule has 4 nitrogen and oxygen atoms in total. The normalized spacial score (nSPS) is 11.9. The first-order chi connectivity index (χ1) is 15.7. The van der Waals surface area contributed by atoms with Gasteiger partial charge in [-0.25, -0.2) is 4.98 Å². The van der Waals surface area contributed by atoms with E-state index in [4.69, 9.17) is 4.98 Å². The van der Waals surface area contributed by atoms with Crippen molar-refractivity contribution >= 4 is 27.6 Å². The van der Waals surface area contributed by atoms with Crippen LogP contribution in [0.15, 0.2) is 89.8 Å². The van der Waals surface area contributed by atoms with Gasteiger partial charge >= 0.3 is 0 Å². The molecule has 0 saturated heterocycles. The lowest BCUT2D eigenvalue weighted by Gasteiger charge is -2.16. The zero-order chi connectivity index (χ0) is 22.3. The molecule has 0 spiro atoms. The standard InChI is InChI=1S/C27H26N2O2S/c1-2-32(31)26-24(27(30)28-19-11-14-20-12-5-3-6-13-20)22-17-9-10-18-23(22)29-25(26)21-15-7-4-8-16-21/h3-10,12-13,15-18H,2,11,14,19H2,1H3,(H,28,30). The zero-order valence-electron chi connectivity index (χ0n) is 18.1. The van der Waals surface area contributed by atoms with Crippen LogP contribution < -0.4 is 5.32 Å². The van der Waals surface area contributed by atoms with Gasteiger partial charge in [-0.3, -0.25) is 9.00 Å². The average Bonchev–Trinajstić information content (AvgIpc) is 2.86. The minimum absolute atomic E-state index is 0.203. The highest BCUT2D eigenvalue weighted by Crippen LogP contribution is 2.32. The van der Waals surface area contributed by atoms with Crippen molar-refractivity contribution in [1.29, 1.82) is 0 Å². The first-order valence-electron chi connectivity index (χ1n) is 10.9. The minimum Gasteiger partial charge on any atom is -0.352 e. The zero-order valence-corrected chi connectivity index (χ0v) is 18.9. The molecule has 0 saturated carbocycles. The third-order valence-electron chi connectivity index (χ3n) is 5.38. The van der Waals surface area contributed by atoms with Gasteiger partial charge in [0.25, 0.3) is 5.91 Å².